The van der Waals surface area contributed by atoms with Crippen LogP contribution >= 0.6 is 0 Å². The Morgan fingerprint density at radius 2 is 2.00 bits per heavy atom. The van der Waals surface area contributed by atoms with Gasteiger partial charge in [0.25, 0.3) is 0 Å². The molecule has 0 unspecified atom stereocenters. The molecule has 0 amide bonds. The summed E-state index contributed by atoms with van der Waals surface area (Å²) in [7, 11) is 1.58. The lowest BCUT2D eigenvalue weighted by Gasteiger charge is -2.25. The van der Waals surface area contributed by atoms with Crippen LogP contribution in [0.3, 0.4) is 0 Å². The van der Waals surface area contributed by atoms with Crippen molar-refractivity contribution < 1.29 is 19.7 Å². The highest BCUT2D eigenvalue weighted by molar-refractivity contribution is 5.05. The van der Waals surface area contributed by atoms with Gasteiger partial charge in [-0.15, -0.1) is 0 Å². The third kappa shape index (κ3) is 6.50. The average molecular weight is 260 g/mol. The molecule has 0 fully saturated rings. The summed E-state index contributed by atoms with van der Waals surface area (Å²) in [5, 5.41) is 19.4. The van der Waals surface area contributed by atoms with Crippen LogP contribution in [0.2, 0.25) is 0 Å². The molecule has 3 atom stereocenters. The van der Waals surface area contributed by atoms with Crippen molar-refractivity contribution in [2.45, 2.75) is 39.7 Å². The Hall–Kier alpha value is -0.420. The van der Waals surface area contributed by atoms with E-state index in [0.717, 1.165) is 18.4 Å². The molecule has 0 spiro atoms. The van der Waals surface area contributed by atoms with Gasteiger partial charge < -0.3 is 19.7 Å². The minimum absolute atomic E-state index is 0.0400. The van der Waals surface area contributed by atoms with E-state index in [0.29, 0.717) is 6.61 Å². The van der Waals surface area contributed by atoms with Crippen molar-refractivity contribution in [2.24, 2.45) is 11.8 Å². The van der Waals surface area contributed by atoms with E-state index in [4.69, 9.17) is 9.47 Å². The molecule has 0 saturated carbocycles. The number of rotatable bonds is 10. The predicted molar refractivity (Wildman–Crippen MR) is 72.2 cm³/mol. The quantitative estimate of drug-likeness (QED) is 0.358. The number of aliphatic hydroxyl groups excluding tert-OH is 2. The maximum atomic E-state index is 10.3. The minimum Gasteiger partial charge on any atom is -0.392 e. The Kier molecular flexibility index (Phi) is 10.3. The summed E-state index contributed by atoms with van der Waals surface area (Å²) in [6.45, 7) is 6.79. The first-order valence-electron chi connectivity index (χ1n) is 6.65. The van der Waals surface area contributed by atoms with Crippen molar-refractivity contribution in [3.63, 3.8) is 0 Å². The highest BCUT2D eigenvalue weighted by Gasteiger charge is 2.22. The Morgan fingerprint density at radius 3 is 2.44 bits per heavy atom. The minimum atomic E-state index is -0.458. The Bertz CT molecular complexity index is 222. The van der Waals surface area contributed by atoms with Crippen molar-refractivity contribution in [3.8, 4) is 0 Å². The van der Waals surface area contributed by atoms with Gasteiger partial charge >= 0.3 is 0 Å². The molecule has 0 aliphatic rings. The van der Waals surface area contributed by atoms with Crippen LogP contribution in [0.4, 0.5) is 0 Å². The number of ether oxygens (including phenoxy) is 2. The molecular weight excluding hydrogens is 232 g/mol. The van der Waals surface area contributed by atoms with E-state index in [1.807, 2.05) is 26.8 Å². The first-order valence-corrected chi connectivity index (χ1v) is 6.65. The summed E-state index contributed by atoms with van der Waals surface area (Å²) in [6.07, 6.45) is 3.20. The molecule has 18 heavy (non-hydrogen) atoms. The highest BCUT2D eigenvalue weighted by atomic mass is 16.7. The molecular formula is C14H28O4. The van der Waals surface area contributed by atoms with E-state index in [-0.39, 0.29) is 25.2 Å². The standard InChI is InChI=1S/C14H28O4/c1-5-12(8-15)7-13(6-2)14(16)11(3)9-18-10-17-4/h7,11,13-16H,5-6,8-10H2,1-4H3/b12-7-/t11-,13-,14+/m1/s1. The lowest BCUT2D eigenvalue weighted by molar-refractivity contribution is -0.0625. The molecule has 2 N–H and O–H groups in total. The first-order chi connectivity index (χ1) is 8.60. The molecule has 0 rings (SSSR count). The molecule has 0 aromatic rings. The van der Waals surface area contributed by atoms with Gasteiger partial charge in [-0.05, 0) is 18.4 Å². The van der Waals surface area contributed by atoms with E-state index in [9.17, 15) is 10.2 Å². The predicted octanol–water partition coefficient (Wildman–Crippen LogP) is 1.96. The molecule has 4 nitrogen and oxygen atoms in total. The van der Waals surface area contributed by atoms with Crippen LogP contribution in [0.15, 0.2) is 11.6 Å². The van der Waals surface area contributed by atoms with E-state index in [2.05, 4.69) is 0 Å². The topological polar surface area (TPSA) is 58.9 Å². The summed E-state index contributed by atoms with van der Waals surface area (Å²) in [5.41, 5.74) is 0.978. The summed E-state index contributed by atoms with van der Waals surface area (Å²) in [6, 6.07) is 0. The van der Waals surface area contributed by atoms with Gasteiger partial charge in [0.1, 0.15) is 6.79 Å². The maximum absolute atomic E-state index is 10.3. The molecule has 0 aromatic heterocycles. The summed E-state index contributed by atoms with van der Waals surface area (Å²) >= 11 is 0. The number of hydrogen-bond acceptors (Lipinski definition) is 4. The van der Waals surface area contributed by atoms with Crippen molar-refractivity contribution >= 4 is 0 Å². The summed E-state index contributed by atoms with van der Waals surface area (Å²) in [5.74, 6) is 0.103. The third-order valence-corrected chi connectivity index (χ3v) is 3.18. The molecule has 108 valence electrons. The van der Waals surface area contributed by atoms with Crippen molar-refractivity contribution in [1.82, 2.24) is 0 Å². The summed E-state index contributed by atoms with van der Waals surface area (Å²) in [4.78, 5) is 0. The van der Waals surface area contributed by atoms with Crippen molar-refractivity contribution in [3.05, 3.63) is 11.6 Å². The fraction of sp³-hybridized carbons (Fsp3) is 0.857. The van der Waals surface area contributed by atoms with Crippen LogP contribution in [0.25, 0.3) is 0 Å². The zero-order valence-corrected chi connectivity index (χ0v) is 12.1. The van der Waals surface area contributed by atoms with Crippen LogP contribution in [0.1, 0.15) is 33.6 Å². The van der Waals surface area contributed by atoms with E-state index in [1.165, 1.54) is 0 Å². The second kappa shape index (κ2) is 10.5. The van der Waals surface area contributed by atoms with Crippen LogP contribution in [-0.2, 0) is 9.47 Å². The Balaban J connectivity index is 4.40. The van der Waals surface area contributed by atoms with Gasteiger partial charge in [-0.1, -0.05) is 26.8 Å². The number of aliphatic hydroxyl groups is 2. The molecule has 0 aliphatic heterocycles. The van der Waals surface area contributed by atoms with Crippen LogP contribution in [0, 0.1) is 11.8 Å². The number of methoxy groups -OCH3 is 1. The largest absolute Gasteiger partial charge is 0.392 e. The summed E-state index contributed by atoms with van der Waals surface area (Å²) < 4.78 is 10.1. The Labute approximate surface area is 111 Å². The average Bonchev–Trinajstić information content (AvgIpc) is 2.39. The maximum Gasteiger partial charge on any atom is 0.146 e. The zero-order valence-electron chi connectivity index (χ0n) is 12.1. The van der Waals surface area contributed by atoms with Crippen LogP contribution in [-0.4, -0.2) is 43.4 Å². The van der Waals surface area contributed by atoms with Gasteiger partial charge in [0.2, 0.25) is 0 Å². The van der Waals surface area contributed by atoms with E-state index in [1.54, 1.807) is 7.11 Å². The third-order valence-electron chi connectivity index (χ3n) is 3.18. The second-order valence-electron chi connectivity index (χ2n) is 4.65. The van der Waals surface area contributed by atoms with Gasteiger partial charge in [0.05, 0.1) is 19.3 Å². The second-order valence-corrected chi connectivity index (χ2v) is 4.65. The van der Waals surface area contributed by atoms with E-state index < -0.39 is 6.10 Å². The zero-order chi connectivity index (χ0) is 14.0. The van der Waals surface area contributed by atoms with Crippen molar-refractivity contribution in [1.29, 1.82) is 0 Å². The van der Waals surface area contributed by atoms with Crippen LogP contribution in [0.5, 0.6) is 0 Å². The van der Waals surface area contributed by atoms with Gasteiger partial charge in [0, 0.05) is 18.9 Å². The van der Waals surface area contributed by atoms with Crippen molar-refractivity contribution in [2.75, 3.05) is 27.1 Å². The van der Waals surface area contributed by atoms with Crippen LogP contribution < -0.4 is 0 Å². The van der Waals surface area contributed by atoms with E-state index >= 15 is 0 Å². The molecule has 0 heterocycles. The Morgan fingerprint density at radius 1 is 1.33 bits per heavy atom. The molecule has 0 saturated heterocycles. The molecule has 0 radical (unpaired) electrons. The number of hydrogen-bond donors (Lipinski definition) is 2. The lowest BCUT2D eigenvalue weighted by Crippen LogP contribution is -2.29. The van der Waals surface area contributed by atoms with Gasteiger partial charge in [-0.25, -0.2) is 0 Å². The highest BCUT2D eigenvalue weighted by Crippen LogP contribution is 2.20. The molecule has 0 aromatic carbocycles. The molecule has 0 bridgehead atoms. The normalized spacial score (nSPS) is 17.6. The monoisotopic (exact) mass is 260 g/mol. The van der Waals surface area contributed by atoms with Gasteiger partial charge in [-0.2, -0.15) is 0 Å². The molecule has 0 aliphatic carbocycles. The fourth-order valence-electron chi connectivity index (χ4n) is 1.88. The smallest absolute Gasteiger partial charge is 0.146 e. The SMILES string of the molecule is CC/C(=C/[C@@H](CC)[C@@H](O)[C@H](C)COCOC)CO. The lowest BCUT2D eigenvalue weighted by atomic mass is 9.88. The van der Waals surface area contributed by atoms with Gasteiger partial charge in [-0.3, -0.25) is 0 Å². The van der Waals surface area contributed by atoms with Gasteiger partial charge in [0.15, 0.2) is 0 Å². The fourth-order valence-corrected chi connectivity index (χ4v) is 1.88. The molecule has 4 heteroatoms. The first kappa shape index (κ1) is 17.6.